The van der Waals surface area contributed by atoms with E-state index in [2.05, 4.69) is 15.6 Å². The summed E-state index contributed by atoms with van der Waals surface area (Å²) in [5, 5.41) is 6.10. The third-order valence-corrected chi connectivity index (χ3v) is 3.74. The molecule has 5 nitrogen and oxygen atoms in total. The fraction of sp³-hybridized carbons (Fsp3) is 0.375. The van der Waals surface area contributed by atoms with Gasteiger partial charge in [-0.25, -0.2) is 13.8 Å². The summed E-state index contributed by atoms with van der Waals surface area (Å²) in [6.07, 6.45) is 2.89. The third-order valence-electron chi connectivity index (χ3n) is 3.74. The number of hydrogen-bond acceptors (Lipinski definition) is 4. The van der Waals surface area contributed by atoms with E-state index in [1.54, 1.807) is 0 Å². The Balaban J connectivity index is 0.00000156. The largest absolute Gasteiger partial charge is 0.441 e. The second-order valence-corrected chi connectivity index (χ2v) is 5.50. The van der Waals surface area contributed by atoms with Crippen molar-refractivity contribution in [2.75, 3.05) is 13.1 Å². The molecule has 0 saturated carbocycles. The second-order valence-electron chi connectivity index (χ2n) is 5.50. The van der Waals surface area contributed by atoms with E-state index in [-0.39, 0.29) is 54.5 Å². The quantitative estimate of drug-likeness (QED) is 0.819. The summed E-state index contributed by atoms with van der Waals surface area (Å²) >= 11 is 0. The lowest BCUT2D eigenvalue weighted by molar-refractivity contribution is -0.121. The van der Waals surface area contributed by atoms with Crippen molar-refractivity contribution < 1.29 is 18.0 Å². The van der Waals surface area contributed by atoms with Gasteiger partial charge in [-0.3, -0.25) is 4.79 Å². The Morgan fingerprint density at radius 2 is 2.16 bits per heavy atom. The Morgan fingerprint density at radius 1 is 1.36 bits per heavy atom. The third kappa shape index (κ3) is 5.66. The normalized spacial score (nSPS) is 16.0. The summed E-state index contributed by atoms with van der Waals surface area (Å²) in [6.45, 7) is 1.70. The number of amides is 1. The summed E-state index contributed by atoms with van der Waals surface area (Å²) in [5.41, 5.74) is 0.145. The Bertz CT molecular complexity index is 706. The van der Waals surface area contributed by atoms with E-state index in [0.29, 0.717) is 12.3 Å². The van der Waals surface area contributed by atoms with Gasteiger partial charge in [-0.2, -0.15) is 0 Å². The highest BCUT2D eigenvalue weighted by molar-refractivity contribution is 5.85. The maximum atomic E-state index is 13.7. The maximum Gasteiger partial charge on any atom is 0.220 e. The van der Waals surface area contributed by atoms with Crippen LogP contribution in [0.2, 0.25) is 0 Å². The molecule has 0 spiro atoms. The monoisotopic (exact) mass is 393 g/mol. The van der Waals surface area contributed by atoms with Crippen LogP contribution in [0, 0.1) is 11.6 Å². The summed E-state index contributed by atoms with van der Waals surface area (Å²) in [4.78, 5) is 15.9. The molecule has 1 amide bonds. The number of nitrogens with zero attached hydrogens (tertiary/aromatic N) is 1. The molecule has 2 heterocycles. The van der Waals surface area contributed by atoms with Gasteiger partial charge in [0.2, 0.25) is 5.91 Å². The van der Waals surface area contributed by atoms with Crippen LogP contribution in [0.1, 0.15) is 18.7 Å². The molecule has 0 bridgehead atoms. The minimum atomic E-state index is -0.709. The molecule has 1 atom stereocenters. The van der Waals surface area contributed by atoms with E-state index in [1.165, 1.54) is 12.3 Å². The number of halogens is 4. The first-order valence-electron chi connectivity index (χ1n) is 7.52. The van der Waals surface area contributed by atoms with Crippen molar-refractivity contribution in [3.63, 3.8) is 0 Å². The van der Waals surface area contributed by atoms with Crippen LogP contribution >= 0.6 is 24.8 Å². The van der Waals surface area contributed by atoms with E-state index in [0.717, 1.165) is 31.6 Å². The van der Waals surface area contributed by atoms with Gasteiger partial charge in [-0.15, -0.1) is 24.8 Å². The molecule has 2 aromatic rings. The first kappa shape index (κ1) is 21.3. The molecule has 1 aliphatic heterocycles. The smallest absolute Gasteiger partial charge is 0.220 e. The minimum absolute atomic E-state index is 0. The second kappa shape index (κ2) is 9.70. The number of carbonyl (C=O) groups excluding carboxylic acids is 1. The van der Waals surface area contributed by atoms with Gasteiger partial charge in [0, 0.05) is 31.5 Å². The number of hydrogen-bond donors (Lipinski definition) is 2. The zero-order chi connectivity index (χ0) is 16.2. The zero-order valence-electron chi connectivity index (χ0n) is 13.3. The van der Waals surface area contributed by atoms with E-state index < -0.39 is 11.6 Å². The highest BCUT2D eigenvalue weighted by atomic mass is 35.5. The number of benzene rings is 1. The van der Waals surface area contributed by atoms with Crippen LogP contribution in [0.3, 0.4) is 0 Å². The first-order chi connectivity index (χ1) is 11.1. The topological polar surface area (TPSA) is 67.2 Å². The van der Waals surface area contributed by atoms with Gasteiger partial charge < -0.3 is 15.1 Å². The van der Waals surface area contributed by atoms with Crippen LogP contribution in [0.4, 0.5) is 8.78 Å². The number of rotatable bonds is 5. The van der Waals surface area contributed by atoms with Gasteiger partial charge in [0.1, 0.15) is 11.6 Å². The van der Waals surface area contributed by atoms with Crippen molar-refractivity contribution in [3.05, 3.63) is 41.9 Å². The number of aryl methyl sites for hydroxylation is 1. The van der Waals surface area contributed by atoms with Gasteiger partial charge in [-0.05, 0) is 25.1 Å². The Kier molecular flexibility index (Phi) is 8.28. The fourth-order valence-corrected chi connectivity index (χ4v) is 2.54. The van der Waals surface area contributed by atoms with Gasteiger partial charge >= 0.3 is 0 Å². The van der Waals surface area contributed by atoms with Crippen LogP contribution in [-0.4, -0.2) is 30.0 Å². The molecule has 1 aromatic carbocycles. The molecule has 1 aromatic heterocycles. The van der Waals surface area contributed by atoms with Crippen LogP contribution in [-0.2, 0) is 11.2 Å². The first-order valence-corrected chi connectivity index (χ1v) is 7.52. The van der Waals surface area contributed by atoms with Crippen molar-refractivity contribution in [3.8, 4) is 11.3 Å². The molecule has 3 rings (SSSR count). The highest BCUT2D eigenvalue weighted by Crippen LogP contribution is 2.24. The molecule has 1 aliphatic rings. The number of aromatic nitrogens is 1. The fourth-order valence-electron chi connectivity index (χ4n) is 2.54. The molecule has 0 radical (unpaired) electrons. The Hall–Kier alpha value is -1.70. The molecule has 1 saturated heterocycles. The SMILES string of the molecule is Cl.Cl.O=C(CCc1ncc(-c2ccc(F)cc2F)o1)NC1CCNC1. The van der Waals surface area contributed by atoms with Crippen molar-refractivity contribution in [2.45, 2.75) is 25.3 Å². The Morgan fingerprint density at radius 3 is 2.84 bits per heavy atom. The average Bonchev–Trinajstić information content (AvgIpc) is 3.17. The summed E-state index contributed by atoms with van der Waals surface area (Å²) in [6, 6.07) is 3.43. The summed E-state index contributed by atoms with van der Waals surface area (Å²) in [5.74, 6) is -0.851. The van der Waals surface area contributed by atoms with Crippen LogP contribution < -0.4 is 10.6 Å². The molecule has 1 unspecified atom stereocenters. The maximum absolute atomic E-state index is 13.7. The van der Waals surface area contributed by atoms with Crippen LogP contribution in [0.15, 0.2) is 28.8 Å². The summed E-state index contributed by atoms with van der Waals surface area (Å²) < 4.78 is 32.0. The molecule has 1 fully saturated rings. The van der Waals surface area contributed by atoms with Crippen molar-refractivity contribution in [1.29, 1.82) is 0 Å². The molecule has 138 valence electrons. The number of carbonyl (C=O) groups is 1. The lowest BCUT2D eigenvalue weighted by Gasteiger charge is -2.10. The molecule has 25 heavy (non-hydrogen) atoms. The van der Waals surface area contributed by atoms with E-state index in [4.69, 9.17) is 4.42 Å². The van der Waals surface area contributed by atoms with Gasteiger partial charge in [0.05, 0.1) is 11.8 Å². The van der Waals surface area contributed by atoms with Crippen LogP contribution in [0.25, 0.3) is 11.3 Å². The van der Waals surface area contributed by atoms with E-state index in [9.17, 15) is 13.6 Å². The average molecular weight is 394 g/mol. The van der Waals surface area contributed by atoms with Gasteiger partial charge in [0.15, 0.2) is 11.7 Å². The lowest BCUT2D eigenvalue weighted by Crippen LogP contribution is -2.36. The van der Waals surface area contributed by atoms with Crippen LogP contribution in [0.5, 0.6) is 0 Å². The van der Waals surface area contributed by atoms with Crippen molar-refractivity contribution in [1.82, 2.24) is 15.6 Å². The minimum Gasteiger partial charge on any atom is -0.441 e. The predicted octanol–water partition coefficient (Wildman–Crippen LogP) is 2.87. The molecule has 0 aliphatic carbocycles. The lowest BCUT2D eigenvalue weighted by atomic mass is 10.2. The zero-order valence-corrected chi connectivity index (χ0v) is 14.9. The van der Waals surface area contributed by atoms with Crippen molar-refractivity contribution in [2.24, 2.45) is 0 Å². The van der Waals surface area contributed by atoms with Gasteiger partial charge in [-0.1, -0.05) is 0 Å². The molecule has 9 heteroatoms. The standard InChI is InChI=1S/C16H17F2N3O2.2ClH/c17-10-1-2-12(13(18)7-10)14-9-20-16(23-14)4-3-15(22)21-11-5-6-19-8-11;;/h1-2,7,9,11,19H,3-6,8H2,(H,21,22);2*1H. The Labute approximate surface area is 156 Å². The number of oxazole rings is 1. The highest BCUT2D eigenvalue weighted by Gasteiger charge is 2.17. The van der Waals surface area contributed by atoms with E-state index in [1.807, 2.05) is 0 Å². The molecular weight excluding hydrogens is 375 g/mol. The predicted molar refractivity (Wildman–Crippen MR) is 94.1 cm³/mol. The molecular formula is C16H19Cl2F2N3O2. The van der Waals surface area contributed by atoms with Gasteiger partial charge in [0.25, 0.3) is 0 Å². The number of nitrogens with one attached hydrogen (secondary N) is 2. The summed E-state index contributed by atoms with van der Waals surface area (Å²) in [7, 11) is 0. The molecule has 2 N–H and O–H groups in total. The van der Waals surface area contributed by atoms with Crippen molar-refractivity contribution >= 4 is 30.7 Å². The van der Waals surface area contributed by atoms with E-state index >= 15 is 0 Å².